The molecule has 1 aliphatic carbocycles. The van der Waals surface area contributed by atoms with Crippen LogP contribution in [0.5, 0.6) is 5.75 Å². The number of carbonyl (C=O) groups excluding carboxylic acids is 1. The summed E-state index contributed by atoms with van der Waals surface area (Å²) in [7, 11) is 0. The molecule has 2 unspecified atom stereocenters. The zero-order chi connectivity index (χ0) is 15.2. The van der Waals surface area contributed by atoms with Gasteiger partial charge in [-0.05, 0) is 43.5 Å². The van der Waals surface area contributed by atoms with E-state index in [9.17, 15) is 4.79 Å². The standard InChI is InChI=1S/C16H23NO4/c1-3-19-12-5-6-13-11(9-12)10-14(17)16(13)21-8-7-15(18)20-4-2/h5-6,9,14,16H,3-4,7-8,10,17H2,1-2H3. The molecule has 0 aliphatic heterocycles. The van der Waals surface area contributed by atoms with Crippen LogP contribution in [-0.4, -0.2) is 31.8 Å². The van der Waals surface area contributed by atoms with Crippen LogP contribution < -0.4 is 10.5 Å². The molecule has 0 saturated heterocycles. The van der Waals surface area contributed by atoms with Crippen LogP contribution in [0.3, 0.4) is 0 Å². The van der Waals surface area contributed by atoms with E-state index in [0.717, 1.165) is 23.3 Å². The number of hydrogen-bond acceptors (Lipinski definition) is 5. The average molecular weight is 293 g/mol. The molecule has 0 aromatic heterocycles. The first-order valence-electron chi connectivity index (χ1n) is 7.44. The van der Waals surface area contributed by atoms with E-state index in [1.807, 2.05) is 25.1 Å². The summed E-state index contributed by atoms with van der Waals surface area (Å²) in [6.07, 6.45) is 0.856. The summed E-state index contributed by atoms with van der Waals surface area (Å²) in [4.78, 5) is 11.3. The first kappa shape index (κ1) is 15.8. The molecular weight excluding hydrogens is 270 g/mol. The minimum Gasteiger partial charge on any atom is -0.494 e. The van der Waals surface area contributed by atoms with Gasteiger partial charge in [-0.3, -0.25) is 4.79 Å². The Bertz CT molecular complexity index is 489. The van der Waals surface area contributed by atoms with E-state index in [4.69, 9.17) is 19.9 Å². The molecule has 0 fully saturated rings. The van der Waals surface area contributed by atoms with E-state index in [0.29, 0.717) is 19.8 Å². The minimum absolute atomic E-state index is 0.0842. The number of ether oxygens (including phenoxy) is 3. The van der Waals surface area contributed by atoms with Crippen LogP contribution in [0.2, 0.25) is 0 Å². The zero-order valence-electron chi connectivity index (χ0n) is 12.6. The monoisotopic (exact) mass is 293 g/mol. The van der Waals surface area contributed by atoms with Crippen LogP contribution >= 0.6 is 0 Å². The van der Waals surface area contributed by atoms with Crippen molar-refractivity contribution in [1.82, 2.24) is 0 Å². The number of nitrogens with two attached hydrogens (primary N) is 1. The van der Waals surface area contributed by atoms with Crippen molar-refractivity contribution in [1.29, 1.82) is 0 Å². The van der Waals surface area contributed by atoms with Crippen molar-refractivity contribution < 1.29 is 19.0 Å². The molecule has 5 nitrogen and oxygen atoms in total. The Morgan fingerprint density at radius 1 is 1.33 bits per heavy atom. The summed E-state index contributed by atoms with van der Waals surface area (Å²) < 4.78 is 16.2. The van der Waals surface area contributed by atoms with Crippen LogP contribution in [0.15, 0.2) is 18.2 Å². The lowest BCUT2D eigenvalue weighted by atomic mass is 10.1. The maximum atomic E-state index is 11.3. The normalized spacial score (nSPS) is 20.1. The van der Waals surface area contributed by atoms with Crippen molar-refractivity contribution in [3.05, 3.63) is 29.3 Å². The predicted molar refractivity (Wildman–Crippen MR) is 79.2 cm³/mol. The van der Waals surface area contributed by atoms with Gasteiger partial charge in [0.15, 0.2) is 0 Å². The largest absolute Gasteiger partial charge is 0.494 e. The molecule has 116 valence electrons. The first-order chi connectivity index (χ1) is 10.2. The fraction of sp³-hybridized carbons (Fsp3) is 0.562. The number of hydrogen-bond donors (Lipinski definition) is 1. The molecule has 2 rings (SSSR count). The Labute approximate surface area is 125 Å². The first-order valence-corrected chi connectivity index (χ1v) is 7.44. The van der Waals surface area contributed by atoms with Gasteiger partial charge in [-0.1, -0.05) is 6.07 Å². The maximum Gasteiger partial charge on any atom is 0.308 e. The fourth-order valence-electron chi connectivity index (χ4n) is 2.60. The van der Waals surface area contributed by atoms with Crippen LogP contribution in [-0.2, 0) is 20.7 Å². The molecule has 1 aliphatic rings. The van der Waals surface area contributed by atoms with Gasteiger partial charge in [-0.15, -0.1) is 0 Å². The van der Waals surface area contributed by atoms with Crippen LogP contribution in [0, 0.1) is 0 Å². The van der Waals surface area contributed by atoms with Crippen molar-refractivity contribution in [2.24, 2.45) is 5.73 Å². The average Bonchev–Trinajstić information content (AvgIpc) is 2.75. The SMILES string of the molecule is CCOC(=O)CCOC1c2ccc(OCC)cc2CC1N. The number of esters is 1. The fourth-order valence-corrected chi connectivity index (χ4v) is 2.60. The second-order valence-corrected chi connectivity index (χ2v) is 5.01. The summed E-state index contributed by atoms with van der Waals surface area (Å²) >= 11 is 0. The molecule has 0 radical (unpaired) electrons. The highest BCUT2D eigenvalue weighted by molar-refractivity contribution is 5.69. The maximum absolute atomic E-state index is 11.3. The van der Waals surface area contributed by atoms with Gasteiger partial charge in [0.2, 0.25) is 0 Å². The highest BCUT2D eigenvalue weighted by atomic mass is 16.5. The smallest absolute Gasteiger partial charge is 0.308 e. The second-order valence-electron chi connectivity index (χ2n) is 5.01. The lowest BCUT2D eigenvalue weighted by molar-refractivity contribution is -0.144. The van der Waals surface area contributed by atoms with E-state index < -0.39 is 0 Å². The molecule has 5 heteroatoms. The van der Waals surface area contributed by atoms with Gasteiger partial charge in [0.25, 0.3) is 0 Å². The summed E-state index contributed by atoms with van der Waals surface area (Å²) in [5.74, 6) is 0.617. The molecule has 0 saturated carbocycles. The quantitative estimate of drug-likeness (QED) is 0.778. The van der Waals surface area contributed by atoms with E-state index in [1.54, 1.807) is 6.92 Å². The lowest BCUT2D eigenvalue weighted by Gasteiger charge is -2.17. The number of fused-ring (bicyclic) bond motifs is 1. The van der Waals surface area contributed by atoms with Crippen LogP contribution in [0.25, 0.3) is 0 Å². The van der Waals surface area contributed by atoms with Gasteiger partial charge in [0, 0.05) is 6.04 Å². The molecule has 0 bridgehead atoms. The van der Waals surface area contributed by atoms with Gasteiger partial charge >= 0.3 is 5.97 Å². The van der Waals surface area contributed by atoms with E-state index >= 15 is 0 Å². The minimum atomic E-state index is -0.240. The molecule has 0 heterocycles. The van der Waals surface area contributed by atoms with E-state index in [2.05, 4.69) is 0 Å². The Kier molecular flexibility index (Phi) is 5.59. The second kappa shape index (κ2) is 7.43. The Morgan fingerprint density at radius 2 is 2.14 bits per heavy atom. The van der Waals surface area contributed by atoms with Gasteiger partial charge in [0.05, 0.1) is 32.3 Å². The topological polar surface area (TPSA) is 70.8 Å². The summed E-state index contributed by atoms with van der Waals surface area (Å²) in [5.41, 5.74) is 8.40. The molecule has 1 aromatic carbocycles. The van der Waals surface area contributed by atoms with Gasteiger partial charge in [-0.25, -0.2) is 0 Å². The highest BCUT2D eigenvalue weighted by Crippen LogP contribution is 2.35. The number of carbonyl (C=O) groups is 1. The van der Waals surface area contributed by atoms with Crippen LogP contribution in [0.4, 0.5) is 0 Å². The highest BCUT2D eigenvalue weighted by Gasteiger charge is 2.31. The third-order valence-corrected chi connectivity index (χ3v) is 3.49. The predicted octanol–water partition coefficient (Wildman–Crippen LogP) is 1.98. The number of benzene rings is 1. The Morgan fingerprint density at radius 3 is 2.86 bits per heavy atom. The summed E-state index contributed by atoms with van der Waals surface area (Å²) in [6.45, 7) is 5.11. The number of rotatable bonds is 7. The molecule has 2 N–H and O–H groups in total. The molecular formula is C16H23NO4. The third kappa shape index (κ3) is 3.95. The van der Waals surface area contributed by atoms with Crippen molar-refractivity contribution in [2.75, 3.05) is 19.8 Å². The van der Waals surface area contributed by atoms with Gasteiger partial charge in [0.1, 0.15) is 5.75 Å². The van der Waals surface area contributed by atoms with Crippen molar-refractivity contribution >= 4 is 5.97 Å². The van der Waals surface area contributed by atoms with Crippen molar-refractivity contribution in [3.63, 3.8) is 0 Å². The van der Waals surface area contributed by atoms with Crippen molar-refractivity contribution in [3.8, 4) is 5.75 Å². The third-order valence-electron chi connectivity index (χ3n) is 3.49. The zero-order valence-corrected chi connectivity index (χ0v) is 12.6. The van der Waals surface area contributed by atoms with Crippen molar-refractivity contribution in [2.45, 2.75) is 38.8 Å². The van der Waals surface area contributed by atoms with Gasteiger partial charge in [-0.2, -0.15) is 0 Å². The van der Waals surface area contributed by atoms with E-state index in [-0.39, 0.29) is 24.5 Å². The molecule has 1 aromatic rings. The van der Waals surface area contributed by atoms with Crippen LogP contribution in [0.1, 0.15) is 37.5 Å². The molecule has 0 amide bonds. The molecule has 21 heavy (non-hydrogen) atoms. The molecule has 2 atom stereocenters. The molecule has 0 spiro atoms. The Hall–Kier alpha value is -1.59. The van der Waals surface area contributed by atoms with E-state index in [1.165, 1.54) is 0 Å². The Balaban J connectivity index is 1.95. The summed E-state index contributed by atoms with van der Waals surface area (Å²) in [5, 5.41) is 0. The lowest BCUT2D eigenvalue weighted by Crippen LogP contribution is -2.27. The summed E-state index contributed by atoms with van der Waals surface area (Å²) in [6, 6.07) is 5.87. The van der Waals surface area contributed by atoms with Gasteiger partial charge < -0.3 is 19.9 Å².